The Morgan fingerprint density at radius 2 is 1.96 bits per heavy atom. The quantitative estimate of drug-likeness (QED) is 0.733. The third kappa shape index (κ3) is 3.22. The van der Waals surface area contributed by atoms with Crippen LogP contribution in [0, 0.1) is 0 Å². The van der Waals surface area contributed by atoms with Gasteiger partial charge in [0.05, 0.1) is 24.1 Å². The van der Waals surface area contributed by atoms with Crippen LogP contribution in [0.25, 0.3) is 0 Å². The van der Waals surface area contributed by atoms with E-state index in [2.05, 4.69) is 15.7 Å². The van der Waals surface area contributed by atoms with Gasteiger partial charge in [-0.1, -0.05) is 30.3 Å². The molecule has 1 aromatic heterocycles. The number of carbonyl (C=O) groups is 2. The fourth-order valence-electron chi connectivity index (χ4n) is 3.41. The topological polar surface area (TPSA) is 85.3 Å². The van der Waals surface area contributed by atoms with Crippen molar-refractivity contribution in [1.82, 2.24) is 15.1 Å². The number of ether oxygens (including phenoxy) is 1. The van der Waals surface area contributed by atoms with Crippen LogP contribution in [0.2, 0.25) is 0 Å². The number of aryl methyl sites for hydroxylation is 1. The maximum absolute atomic E-state index is 12.8. The Balaban J connectivity index is 1.76. The van der Waals surface area contributed by atoms with E-state index in [1.165, 1.54) is 0 Å². The van der Waals surface area contributed by atoms with Crippen molar-refractivity contribution in [2.24, 2.45) is 7.05 Å². The summed E-state index contributed by atoms with van der Waals surface area (Å²) in [6, 6.07) is 13.3. The summed E-state index contributed by atoms with van der Waals surface area (Å²) in [7, 11) is 3.33. The highest BCUT2D eigenvalue weighted by Gasteiger charge is 2.31. The molecule has 0 aliphatic carbocycles. The van der Waals surface area contributed by atoms with Crippen LogP contribution in [-0.4, -0.2) is 35.2 Å². The van der Waals surface area contributed by atoms with Crippen molar-refractivity contribution in [3.8, 4) is 5.75 Å². The Bertz CT molecular complexity index is 1040. The summed E-state index contributed by atoms with van der Waals surface area (Å²) in [6.45, 7) is 0.428. The van der Waals surface area contributed by atoms with Gasteiger partial charge in [-0.15, -0.1) is 0 Å². The molecule has 1 atom stereocenters. The molecule has 0 spiro atoms. The Hall–Kier alpha value is -3.61. The van der Waals surface area contributed by atoms with Crippen molar-refractivity contribution < 1.29 is 14.3 Å². The highest BCUT2D eigenvalue weighted by atomic mass is 16.5. The summed E-state index contributed by atoms with van der Waals surface area (Å²) in [6.07, 6.45) is 3.28. The molecule has 0 unspecified atom stereocenters. The smallest absolute Gasteiger partial charge is 0.255 e. The number of aromatic nitrogens is 2. The third-order valence-corrected chi connectivity index (χ3v) is 4.79. The third-order valence-electron chi connectivity index (χ3n) is 4.79. The molecule has 0 saturated carbocycles. The zero-order chi connectivity index (χ0) is 19.7. The second-order valence-electron chi connectivity index (χ2n) is 6.65. The number of fused-ring (bicyclic) bond motifs is 1. The average Bonchev–Trinajstić information content (AvgIpc) is 3.33. The SMILES string of the molecule is CNC(=O)c1cc(C(=O)Nc2cnn(C)c2)cc2c1OC[C@@H]2c1ccccc1. The van der Waals surface area contributed by atoms with E-state index in [0.29, 0.717) is 29.2 Å². The van der Waals surface area contributed by atoms with Crippen LogP contribution >= 0.6 is 0 Å². The number of hydrogen-bond acceptors (Lipinski definition) is 4. The Morgan fingerprint density at radius 1 is 1.18 bits per heavy atom. The molecule has 4 rings (SSSR count). The van der Waals surface area contributed by atoms with Gasteiger partial charge in [0.15, 0.2) is 0 Å². The first-order valence-electron chi connectivity index (χ1n) is 8.94. The van der Waals surface area contributed by atoms with Crippen molar-refractivity contribution >= 4 is 17.5 Å². The van der Waals surface area contributed by atoms with Gasteiger partial charge in [-0.3, -0.25) is 14.3 Å². The molecule has 0 fully saturated rings. The van der Waals surface area contributed by atoms with E-state index < -0.39 is 0 Å². The minimum atomic E-state index is -0.306. The van der Waals surface area contributed by atoms with E-state index in [-0.39, 0.29) is 17.7 Å². The highest BCUT2D eigenvalue weighted by Crippen LogP contribution is 2.41. The average molecular weight is 376 g/mol. The maximum atomic E-state index is 12.8. The molecule has 2 N–H and O–H groups in total. The summed E-state index contributed by atoms with van der Waals surface area (Å²) in [5.41, 5.74) is 3.25. The molecule has 2 aromatic carbocycles. The number of carbonyl (C=O) groups excluding carboxylic acids is 2. The first-order valence-corrected chi connectivity index (χ1v) is 8.94. The molecule has 0 radical (unpaired) electrons. The number of nitrogens with one attached hydrogen (secondary N) is 2. The van der Waals surface area contributed by atoms with Crippen LogP contribution in [0.5, 0.6) is 5.75 Å². The van der Waals surface area contributed by atoms with Gasteiger partial charge in [-0.2, -0.15) is 5.10 Å². The highest BCUT2D eigenvalue weighted by molar-refractivity contribution is 6.07. The van der Waals surface area contributed by atoms with Gasteiger partial charge in [-0.25, -0.2) is 0 Å². The second kappa shape index (κ2) is 7.19. The monoisotopic (exact) mass is 376 g/mol. The predicted octanol–water partition coefficient (Wildman–Crippen LogP) is 2.56. The minimum Gasteiger partial charge on any atom is -0.491 e. The van der Waals surface area contributed by atoms with Crippen molar-refractivity contribution in [2.75, 3.05) is 19.0 Å². The molecular weight excluding hydrogens is 356 g/mol. The largest absolute Gasteiger partial charge is 0.491 e. The molecule has 0 saturated heterocycles. The van der Waals surface area contributed by atoms with Gasteiger partial charge in [0.2, 0.25) is 0 Å². The van der Waals surface area contributed by atoms with Crippen LogP contribution in [0.15, 0.2) is 54.9 Å². The Morgan fingerprint density at radius 3 is 2.64 bits per heavy atom. The summed E-state index contributed by atoms with van der Waals surface area (Å²) < 4.78 is 7.47. The van der Waals surface area contributed by atoms with Crippen molar-refractivity contribution in [1.29, 1.82) is 0 Å². The van der Waals surface area contributed by atoms with E-state index in [0.717, 1.165) is 11.1 Å². The lowest BCUT2D eigenvalue weighted by molar-refractivity contribution is 0.0960. The molecule has 7 nitrogen and oxygen atoms in total. The fraction of sp³-hybridized carbons (Fsp3) is 0.190. The van der Waals surface area contributed by atoms with Crippen LogP contribution in [0.1, 0.15) is 37.8 Å². The van der Waals surface area contributed by atoms with E-state index in [1.54, 1.807) is 43.3 Å². The van der Waals surface area contributed by atoms with Gasteiger partial charge in [-0.05, 0) is 17.7 Å². The molecule has 2 amide bonds. The standard InChI is InChI=1S/C21H20N4O3/c1-22-21(27)17-9-14(20(26)24-15-10-23-25(2)11-15)8-16-18(12-28-19(16)17)13-6-4-3-5-7-13/h3-11,18H,12H2,1-2H3,(H,22,27)(H,24,26)/t18-/m1/s1. The van der Waals surface area contributed by atoms with Gasteiger partial charge < -0.3 is 15.4 Å². The normalized spacial score (nSPS) is 14.9. The van der Waals surface area contributed by atoms with Gasteiger partial charge >= 0.3 is 0 Å². The molecular formula is C21H20N4O3. The number of nitrogens with zero attached hydrogens (tertiary/aromatic N) is 2. The fourth-order valence-corrected chi connectivity index (χ4v) is 3.41. The van der Waals surface area contributed by atoms with E-state index in [1.807, 2.05) is 30.3 Å². The van der Waals surface area contributed by atoms with Crippen molar-refractivity contribution in [3.05, 3.63) is 77.1 Å². The molecule has 28 heavy (non-hydrogen) atoms. The van der Waals surface area contributed by atoms with Crippen LogP contribution in [-0.2, 0) is 7.05 Å². The molecule has 2 heterocycles. The van der Waals surface area contributed by atoms with Crippen molar-refractivity contribution in [3.63, 3.8) is 0 Å². The van der Waals surface area contributed by atoms with Gasteiger partial charge in [0.1, 0.15) is 5.75 Å². The lowest BCUT2D eigenvalue weighted by Crippen LogP contribution is -2.20. The first-order chi connectivity index (χ1) is 13.6. The lowest BCUT2D eigenvalue weighted by Gasteiger charge is -2.12. The maximum Gasteiger partial charge on any atom is 0.255 e. The molecule has 1 aliphatic rings. The second-order valence-corrected chi connectivity index (χ2v) is 6.65. The Kier molecular flexibility index (Phi) is 4.57. The molecule has 7 heteroatoms. The zero-order valence-corrected chi connectivity index (χ0v) is 15.6. The van der Waals surface area contributed by atoms with Crippen LogP contribution in [0.3, 0.4) is 0 Å². The molecule has 3 aromatic rings. The summed E-state index contributed by atoms with van der Waals surface area (Å²) in [4.78, 5) is 25.2. The number of anilines is 1. The Labute approximate surface area is 162 Å². The number of amides is 2. The summed E-state index contributed by atoms with van der Waals surface area (Å²) in [5.74, 6) is -0.0995. The summed E-state index contributed by atoms with van der Waals surface area (Å²) in [5, 5.41) is 9.48. The summed E-state index contributed by atoms with van der Waals surface area (Å²) >= 11 is 0. The van der Waals surface area contributed by atoms with E-state index >= 15 is 0 Å². The van der Waals surface area contributed by atoms with Gasteiger partial charge in [0.25, 0.3) is 11.8 Å². The van der Waals surface area contributed by atoms with Crippen molar-refractivity contribution in [2.45, 2.75) is 5.92 Å². The lowest BCUT2D eigenvalue weighted by atomic mass is 9.90. The van der Waals surface area contributed by atoms with E-state index in [4.69, 9.17) is 4.74 Å². The molecule has 0 bridgehead atoms. The molecule has 1 aliphatic heterocycles. The van der Waals surface area contributed by atoms with Crippen LogP contribution in [0.4, 0.5) is 5.69 Å². The number of benzene rings is 2. The predicted molar refractivity (Wildman–Crippen MR) is 105 cm³/mol. The minimum absolute atomic E-state index is 0.0363. The molecule has 142 valence electrons. The number of rotatable bonds is 4. The van der Waals surface area contributed by atoms with Gasteiger partial charge in [0, 0.05) is 37.3 Å². The first kappa shape index (κ1) is 17.8. The van der Waals surface area contributed by atoms with Crippen LogP contribution < -0.4 is 15.4 Å². The van der Waals surface area contributed by atoms with E-state index in [9.17, 15) is 9.59 Å². The zero-order valence-electron chi connectivity index (χ0n) is 15.6. The number of hydrogen-bond donors (Lipinski definition) is 2.